The van der Waals surface area contributed by atoms with E-state index in [4.69, 9.17) is 16.9 Å². The molecule has 3 nitrogen and oxygen atoms in total. The Morgan fingerprint density at radius 1 is 1.59 bits per heavy atom. The van der Waals surface area contributed by atoms with Gasteiger partial charge in [-0.25, -0.2) is 0 Å². The Kier molecular flexibility index (Phi) is 5.25. The van der Waals surface area contributed by atoms with Crippen LogP contribution in [0.5, 0.6) is 0 Å². The van der Waals surface area contributed by atoms with Gasteiger partial charge in [0.1, 0.15) is 0 Å². The largest absolute Gasteiger partial charge is 0.356 e. The molecular weight excluding hydrogens is 236 g/mol. The quantitative estimate of drug-likeness (QED) is 0.833. The first kappa shape index (κ1) is 13.3. The Morgan fingerprint density at radius 3 is 2.94 bits per heavy atom. The van der Waals surface area contributed by atoms with Crippen molar-refractivity contribution in [3.63, 3.8) is 0 Å². The van der Waals surface area contributed by atoms with Crippen LogP contribution in [0, 0.1) is 11.3 Å². The summed E-state index contributed by atoms with van der Waals surface area (Å²) in [4.78, 5) is 10.6. The molecule has 0 heterocycles. The van der Waals surface area contributed by atoms with Crippen LogP contribution >= 0.6 is 11.6 Å². The lowest BCUT2D eigenvalue weighted by molar-refractivity contribution is -0.118. The van der Waals surface area contributed by atoms with Crippen LogP contribution in [0.15, 0.2) is 24.3 Å². The van der Waals surface area contributed by atoms with Gasteiger partial charge in [-0.3, -0.25) is 4.79 Å². The molecule has 1 amide bonds. The third-order valence-electron chi connectivity index (χ3n) is 2.11. The number of halogens is 1. The average Bonchev–Trinajstić information content (AvgIpc) is 2.30. The lowest BCUT2D eigenvalue weighted by Crippen LogP contribution is -2.20. The number of hydrogen-bond donors (Lipinski definition) is 1. The second kappa shape index (κ2) is 6.72. The molecule has 0 aliphatic heterocycles. The van der Waals surface area contributed by atoms with Crippen LogP contribution in [0.4, 0.5) is 0 Å². The number of hydrogen-bond acceptors (Lipinski definition) is 2. The predicted octanol–water partition coefficient (Wildman–Crippen LogP) is 2.75. The molecule has 0 fully saturated rings. The molecule has 1 aromatic rings. The molecule has 0 aliphatic rings. The van der Waals surface area contributed by atoms with Gasteiger partial charge < -0.3 is 5.32 Å². The fourth-order valence-electron chi connectivity index (χ4n) is 1.27. The maximum absolute atomic E-state index is 10.6. The molecule has 0 aliphatic carbocycles. The molecule has 0 spiro atoms. The molecule has 0 saturated carbocycles. The van der Waals surface area contributed by atoms with Crippen molar-refractivity contribution in [2.45, 2.75) is 13.3 Å². The zero-order valence-electron chi connectivity index (χ0n) is 9.53. The first-order valence-electron chi connectivity index (χ1n) is 5.24. The van der Waals surface area contributed by atoms with Gasteiger partial charge in [0.15, 0.2) is 0 Å². The van der Waals surface area contributed by atoms with Crippen molar-refractivity contribution in [2.75, 3.05) is 6.54 Å². The Bertz CT molecular complexity index is 475. The van der Waals surface area contributed by atoms with Gasteiger partial charge in [-0.2, -0.15) is 5.26 Å². The molecule has 4 heteroatoms. The highest BCUT2D eigenvalue weighted by molar-refractivity contribution is 6.32. The normalized spacial score (nSPS) is 10.2. The molecule has 0 saturated heterocycles. The molecule has 0 radical (unpaired) electrons. The van der Waals surface area contributed by atoms with E-state index in [9.17, 15) is 4.79 Å². The number of carbonyl (C=O) groups is 1. The minimum absolute atomic E-state index is 0.0326. The zero-order valence-corrected chi connectivity index (χ0v) is 10.3. The van der Waals surface area contributed by atoms with Crippen molar-refractivity contribution < 1.29 is 4.79 Å². The maximum atomic E-state index is 10.6. The number of amides is 1. The third-order valence-corrected chi connectivity index (χ3v) is 2.44. The van der Waals surface area contributed by atoms with Crippen LogP contribution in [-0.2, 0) is 4.79 Å². The molecular formula is C13H13ClN2O. The number of carbonyl (C=O) groups excluding carboxylic acids is 1. The molecule has 1 rings (SSSR count). The summed E-state index contributed by atoms with van der Waals surface area (Å²) in [5.41, 5.74) is 1.42. The highest BCUT2D eigenvalue weighted by Crippen LogP contribution is 2.18. The van der Waals surface area contributed by atoms with E-state index in [-0.39, 0.29) is 5.91 Å². The first-order valence-corrected chi connectivity index (χ1v) is 5.62. The van der Waals surface area contributed by atoms with Gasteiger partial charge in [0.25, 0.3) is 0 Å². The summed E-state index contributed by atoms with van der Waals surface area (Å²) in [7, 11) is 0. The Hall–Kier alpha value is -1.79. The summed E-state index contributed by atoms with van der Waals surface area (Å²) in [6, 6.07) is 7.18. The Balaban J connectivity index is 2.54. The predicted molar refractivity (Wildman–Crippen MR) is 68.5 cm³/mol. The van der Waals surface area contributed by atoms with Crippen LogP contribution in [0.25, 0.3) is 6.08 Å². The fraction of sp³-hybridized carbons (Fsp3) is 0.231. The summed E-state index contributed by atoms with van der Waals surface area (Å²) < 4.78 is 0. The van der Waals surface area contributed by atoms with Crippen molar-refractivity contribution in [2.24, 2.45) is 0 Å². The maximum Gasteiger partial charge on any atom is 0.216 e. The molecule has 0 aromatic heterocycles. The topological polar surface area (TPSA) is 52.9 Å². The lowest BCUT2D eigenvalue weighted by Gasteiger charge is -1.99. The smallest absolute Gasteiger partial charge is 0.216 e. The summed E-state index contributed by atoms with van der Waals surface area (Å²) in [6.07, 6.45) is 4.56. The molecule has 88 valence electrons. The van der Waals surface area contributed by atoms with Crippen LogP contribution in [0.1, 0.15) is 24.5 Å². The van der Waals surface area contributed by atoms with Gasteiger partial charge in [0.2, 0.25) is 5.91 Å². The second-order valence-corrected chi connectivity index (χ2v) is 3.93. The third kappa shape index (κ3) is 4.71. The van der Waals surface area contributed by atoms with E-state index < -0.39 is 0 Å². The van der Waals surface area contributed by atoms with Gasteiger partial charge in [-0.1, -0.05) is 29.8 Å². The van der Waals surface area contributed by atoms with E-state index in [0.29, 0.717) is 17.1 Å². The zero-order chi connectivity index (χ0) is 12.7. The summed E-state index contributed by atoms with van der Waals surface area (Å²) in [5.74, 6) is -0.0326. The molecule has 1 N–H and O–H groups in total. The summed E-state index contributed by atoms with van der Waals surface area (Å²) in [5, 5.41) is 11.9. The van der Waals surface area contributed by atoms with E-state index in [1.54, 1.807) is 18.2 Å². The van der Waals surface area contributed by atoms with Crippen molar-refractivity contribution in [1.29, 1.82) is 5.26 Å². The Morgan fingerprint density at radius 2 is 2.35 bits per heavy atom. The number of nitrogens with zero attached hydrogens (tertiary/aromatic N) is 1. The van der Waals surface area contributed by atoms with Gasteiger partial charge in [-0.15, -0.1) is 0 Å². The number of rotatable bonds is 4. The number of nitriles is 1. The van der Waals surface area contributed by atoms with Crippen LogP contribution < -0.4 is 5.32 Å². The van der Waals surface area contributed by atoms with Crippen LogP contribution in [0.2, 0.25) is 5.02 Å². The first-order chi connectivity index (χ1) is 8.13. The van der Waals surface area contributed by atoms with Crippen molar-refractivity contribution >= 4 is 23.6 Å². The average molecular weight is 249 g/mol. The standard InChI is InChI=1S/C13H13ClN2O/c1-10(17)16-7-3-2-4-12-6-5-11(9-15)8-13(12)14/h2,4-6,8H,3,7H2,1H3,(H,16,17). The van der Waals surface area contributed by atoms with E-state index in [2.05, 4.69) is 5.32 Å². The fourth-order valence-corrected chi connectivity index (χ4v) is 1.52. The number of nitrogens with one attached hydrogen (secondary N) is 1. The van der Waals surface area contributed by atoms with E-state index in [1.165, 1.54) is 6.92 Å². The summed E-state index contributed by atoms with van der Waals surface area (Å²) >= 11 is 6.00. The van der Waals surface area contributed by atoms with Crippen LogP contribution in [-0.4, -0.2) is 12.5 Å². The van der Waals surface area contributed by atoms with E-state index in [1.807, 2.05) is 18.2 Å². The minimum Gasteiger partial charge on any atom is -0.356 e. The highest BCUT2D eigenvalue weighted by Gasteiger charge is 1.97. The second-order valence-electron chi connectivity index (χ2n) is 3.52. The summed E-state index contributed by atoms with van der Waals surface area (Å²) in [6.45, 7) is 2.10. The van der Waals surface area contributed by atoms with Crippen molar-refractivity contribution in [3.05, 3.63) is 40.4 Å². The molecule has 17 heavy (non-hydrogen) atoms. The van der Waals surface area contributed by atoms with Gasteiger partial charge >= 0.3 is 0 Å². The highest BCUT2D eigenvalue weighted by atomic mass is 35.5. The monoisotopic (exact) mass is 248 g/mol. The molecule has 1 aromatic carbocycles. The minimum atomic E-state index is -0.0326. The van der Waals surface area contributed by atoms with E-state index in [0.717, 1.165) is 12.0 Å². The number of benzene rings is 1. The lowest BCUT2D eigenvalue weighted by atomic mass is 10.1. The van der Waals surface area contributed by atoms with Gasteiger partial charge in [0, 0.05) is 18.5 Å². The van der Waals surface area contributed by atoms with E-state index >= 15 is 0 Å². The SMILES string of the molecule is CC(=O)NCCC=Cc1ccc(C#N)cc1Cl. The molecule has 0 bridgehead atoms. The molecule has 0 unspecified atom stereocenters. The van der Waals surface area contributed by atoms with Gasteiger partial charge in [-0.05, 0) is 24.1 Å². The van der Waals surface area contributed by atoms with Crippen molar-refractivity contribution in [3.8, 4) is 6.07 Å². The van der Waals surface area contributed by atoms with Crippen molar-refractivity contribution in [1.82, 2.24) is 5.32 Å². The Labute approximate surface area is 106 Å². The van der Waals surface area contributed by atoms with Gasteiger partial charge in [0.05, 0.1) is 11.6 Å². The van der Waals surface area contributed by atoms with Crippen LogP contribution in [0.3, 0.4) is 0 Å². The molecule has 0 atom stereocenters.